The van der Waals surface area contributed by atoms with Crippen molar-refractivity contribution in [3.8, 4) is 0 Å². The van der Waals surface area contributed by atoms with E-state index in [4.69, 9.17) is 0 Å². The SMILES string of the molecule is CCCNCCS(=O)(=O)N(C)Cc1ccccc1. The maximum absolute atomic E-state index is 12.0. The lowest BCUT2D eigenvalue weighted by Gasteiger charge is -2.17. The van der Waals surface area contributed by atoms with Crippen molar-refractivity contribution in [3.05, 3.63) is 35.9 Å². The number of hydrogen-bond donors (Lipinski definition) is 1. The maximum Gasteiger partial charge on any atom is 0.215 e. The van der Waals surface area contributed by atoms with E-state index in [0.717, 1.165) is 18.5 Å². The average Bonchev–Trinajstić information content (AvgIpc) is 2.36. The summed E-state index contributed by atoms with van der Waals surface area (Å²) in [5.74, 6) is 0.149. The van der Waals surface area contributed by atoms with Crippen LogP contribution in [-0.4, -0.2) is 38.6 Å². The average molecular weight is 270 g/mol. The second-order valence-corrected chi connectivity index (χ2v) is 6.50. The van der Waals surface area contributed by atoms with Crippen LogP contribution in [0.25, 0.3) is 0 Å². The highest BCUT2D eigenvalue weighted by molar-refractivity contribution is 7.89. The first kappa shape index (κ1) is 15.1. The summed E-state index contributed by atoms with van der Waals surface area (Å²) in [6.07, 6.45) is 1.01. The van der Waals surface area contributed by atoms with Crippen molar-refractivity contribution >= 4 is 10.0 Å². The van der Waals surface area contributed by atoms with Crippen molar-refractivity contribution in [1.29, 1.82) is 0 Å². The van der Waals surface area contributed by atoms with E-state index in [-0.39, 0.29) is 5.75 Å². The molecule has 0 unspecified atom stereocenters. The predicted octanol–water partition coefficient (Wildman–Crippen LogP) is 1.45. The summed E-state index contributed by atoms with van der Waals surface area (Å²) in [7, 11) is -1.54. The molecule has 4 nitrogen and oxygen atoms in total. The van der Waals surface area contributed by atoms with Crippen LogP contribution in [0.3, 0.4) is 0 Å². The third kappa shape index (κ3) is 5.16. The summed E-state index contributed by atoms with van der Waals surface area (Å²) in [6.45, 7) is 3.85. The Morgan fingerprint density at radius 2 is 1.83 bits per heavy atom. The van der Waals surface area contributed by atoms with Gasteiger partial charge in [0.05, 0.1) is 5.75 Å². The second kappa shape index (κ2) is 7.51. The summed E-state index contributed by atoms with van der Waals surface area (Å²) in [6, 6.07) is 9.62. The first-order valence-electron chi connectivity index (χ1n) is 6.25. The van der Waals surface area contributed by atoms with Crippen LogP contribution in [0.15, 0.2) is 30.3 Å². The molecule has 102 valence electrons. The fraction of sp³-hybridized carbons (Fsp3) is 0.538. The Kier molecular flexibility index (Phi) is 6.32. The lowest BCUT2D eigenvalue weighted by Crippen LogP contribution is -2.33. The minimum Gasteiger partial charge on any atom is -0.316 e. The molecule has 0 saturated carbocycles. The van der Waals surface area contributed by atoms with E-state index in [9.17, 15) is 8.42 Å². The molecule has 0 aromatic heterocycles. The normalized spacial score (nSPS) is 11.9. The van der Waals surface area contributed by atoms with Gasteiger partial charge in [0.1, 0.15) is 0 Å². The van der Waals surface area contributed by atoms with Crippen LogP contribution in [0.4, 0.5) is 0 Å². The molecule has 0 saturated heterocycles. The molecular formula is C13H22N2O2S. The van der Waals surface area contributed by atoms with Crippen molar-refractivity contribution in [1.82, 2.24) is 9.62 Å². The fourth-order valence-corrected chi connectivity index (χ4v) is 2.66. The van der Waals surface area contributed by atoms with E-state index in [1.165, 1.54) is 4.31 Å². The van der Waals surface area contributed by atoms with Crippen LogP contribution in [0.2, 0.25) is 0 Å². The summed E-state index contributed by atoms with van der Waals surface area (Å²) in [4.78, 5) is 0. The fourth-order valence-electron chi connectivity index (χ4n) is 1.60. The molecule has 0 bridgehead atoms. The first-order valence-corrected chi connectivity index (χ1v) is 7.86. The topological polar surface area (TPSA) is 49.4 Å². The maximum atomic E-state index is 12.0. The number of benzene rings is 1. The van der Waals surface area contributed by atoms with Crippen LogP contribution in [0.1, 0.15) is 18.9 Å². The van der Waals surface area contributed by atoms with Gasteiger partial charge in [-0.05, 0) is 18.5 Å². The van der Waals surface area contributed by atoms with E-state index < -0.39 is 10.0 Å². The molecule has 1 rings (SSSR count). The third-order valence-corrected chi connectivity index (χ3v) is 4.49. The van der Waals surface area contributed by atoms with E-state index >= 15 is 0 Å². The van der Waals surface area contributed by atoms with E-state index in [1.807, 2.05) is 30.3 Å². The standard InChI is InChI=1S/C13H22N2O2S/c1-3-9-14-10-11-18(16,17)15(2)12-13-7-5-4-6-8-13/h4-8,14H,3,9-12H2,1-2H3. The molecule has 0 heterocycles. The van der Waals surface area contributed by atoms with Crippen LogP contribution >= 0.6 is 0 Å². The highest BCUT2D eigenvalue weighted by Gasteiger charge is 2.17. The van der Waals surface area contributed by atoms with Crippen LogP contribution in [0.5, 0.6) is 0 Å². The number of sulfonamides is 1. The van der Waals surface area contributed by atoms with Crippen molar-refractivity contribution in [2.24, 2.45) is 0 Å². The van der Waals surface area contributed by atoms with Crippen LogP contribution in [0, 0.1) is 0 Å². The Bertz CT molecular complexity index is 432. The van der Waals surface area contributed by atoms with Gasteiger partial charge in [-0.1, -0.05) is 37.3 Å². The number of rotatable bonds is 8. The molecule has 0 aliphatic rings. The molecule has 1 aromatic carbocycles. The van der Waals surface area contributed by atoms with Gasteiger partial charge in [-0.2, -0.15) is 0 Å². The van der Waals surface area contributed by atoms with Crippen molar-refractivity contribution in [2.75, 3.05) is 25.9 Å². The number of nitrogens with zero attached hydrogens (tertiary/aromatic N) is 1. The predicted molar refractivity (Wildman–Crippen MR) is 74.9 cm³/mol. The zero-order chi connectivity index (χ0) is 13.4. The molecular weight excluding hydrogens is 248 g/mol. The Morgan fingerprint density at radius 3 is 2.44 bits per heavy atom. The van der Waals surface area contributed by atoms with Gasteiger partial charge in [0, 0.05) is 20.1 Å². The summed E-state index contributed by atoms with van der Waals surface area (Å²) in [5, 5.41) is 3.10. The largest absolute Gasteiger partial charge is 0.316 e. The second-order valence-electron chi connectivity index (χ2n) is 4.31. The smallest absolute Gasteiger partial charge is 0.215 e. The van der Waals surface area contributed by atoms with Gasteiger partial charge in [-0.3, -0.25) is 0 Å². The van der Waals surface area contributed by atoms with Crippen LogP contribution < -0.4 is 5.32 Å². The quantitative estimate of drug-likeness (QED) is 0.727. The van der Waals surface area contributed by atoms with E-state index in [2.05, 4.69) is 12.2 Å². The number of nitrogens with one attached hydrogen (secondary N) is 1. The molecule has 1 N–H and O–H groups in total. The first-order chi connectivity index (χ1) is 8.56. The van der Waals surface area contributed by atoms with Gasteiger partial charge in [-0.15, -0.1) is 0 Å². The van der Waals surface area contributed by atoms with Gasteiger partial charge in [0.15, 0.2) is 0 Å². The van der Waals surface area contributed by atoms with Crippen molar-refractivity contribution in [2.45, 2.75) is 19.9 Å². The Balaban J connectivity index is 2.46. The zero-order valence-electron chi connectivity index (χ0n) is 11.1. The van der Waals surface area contributed by atoms with Crippen molar-refractivity contribution in [3.63, 3.8) is 0 Å². The molecule has 0 atom stereocenters. The summed E-state index contributed by atoms with van der Waals surface area (Å²) >= 11 is 0. The molecule has 0 aliphatic heterocycles. The molecule has 1 aromatic rings. The summed E-state index contributed by atoms with van der Waals surface area (Å²) in [5.41, 5.74) is 1.00. The monoisotopic (exact) mass is 270 g/mol. The highest BCUT2D eigenvalue weighted by Crippen LogP contribution is 2.06. The minimum atomic E-state index is -3.17. The third-order valence-electron chi connectivity index (χ3n) is 2.69. The Hall–Kier alpha value is -0.910. The zero-order valence-corrected chi connectivity index (χ0v) is 11.9. The lowest BCUT2D eigenvalue weighted by atomic mass is 10.2. The summed E-state index contributed by atoms with van der Waals surface area (Å²) < 4.78 is 25.4. The molecule has 0 aliphatic carbocycles. The number of hydrogen-bond acceptors (Lipinski definition) is 3. The molecule has 0 fully saturated rings. The minimum absolute atomic E-state index is 0.149. The van der Waals surface area contributed by atoms with Gasteiger partial charge >= 0.3 is 0 Å². The molecule has 0 amide bonds. The van der Waals surface area contributed by atoms with E-state index in [1.54, 1.807) is 7.05 Å². The van der Waals surface area contributed by atoms with Crippen molar-refractivity contribution < 1.29 is 8.42 Å². The van der Waals surface area contributed by atoms with Crippen LogP contribution in [-0.2, 0) is 16.6 Å². The van der Waals surface area contributed by atoms with Gasteiger partial charge < -0.3 is 5.32 Å². The van der Waals surface area contributed by atoms with E-state index in [0.29, 0.717) is 13.1 Å². The Labute approximate surface area is 110 Å². The van der Waals surface area contributed by atoms with Gasteiger partial charge in [0.25, 0.3) is 0 Å². The van der Waals surface area contributed by atoms with Gasteiger partial charge in [-0.25, -0.2) is 12.7 Å². The highest BCUT2D eigenvalue weighted by atomic mass is 32.2. The van der Waals surface area contributed by atoms with Gasteiger partial charge in [0.2, 0.25) is 10.0 Å². The molecule has 18 heavy (non-hydrogen) atoms. The Morgan fingerprint density at radius 1 is 1.17 bits per heavy atom. The molecule has 5 heteroatoms. The molecule has 0 spiro atoms. The molecule has 0 radical (unpaired) electrons. The lowest BCUT2D eigenvalue weighted by molar-refractivity contribution is 0.465.